The van der Waals surface area contributed by atoms with Gasteiger partial charge < -0.3 is 19.7 Å². The predicted molar refractivity (Wildman–Crippen MR) is 111 cm³/mol. The maximum atomic E-state index is 12.5. The summed E-state index contributed by atoms with van der Waals surface area (Å²) in [6.45, 7) is -0.129. The van der Waals surface area contributed by atoms with Crippen molar-refractivity contribution in [2.75, 3.05) is 33.1 Å². The molecule has 2 amide bonds. The number of rotatable bonds is 7. The third kappa shape index (κ3) is 5.60. The first-order valence-electron chi connectivity index (χ1n) is 8.82. The van der Waals surface area contributed by atoms with Crippen LogP contribution < -0.4 is 14.8 Å². The molecule has 30 heavy (non-hydrogen) atoms. The zero-order chi connectivity index (χ0) is 22.1. The number of nitriles is 2. The first-order chi connectivity index (χ1) is 14.4. The maximum absolute atomic E-state index is 12.5. The molecule has 2 rings (SSSR count). The van der Waals surface area contributed by atoms with Gasteiger partial charge in [-0.3, -0.25) is 9.59 Å². The molecule has 0 aliphatic heterocycles. The van der Waals surface area contributed by atoms with Crippen molar-refractivity contribution < 1.29 is 19.1 Å². The second kappa shape index (κ2) is 10.3. The topological polar surface area (TPSA) is 115 Å². The standard InChI is InChI=1S/C22H20N4O4/c1-26(2)22(28)16-5-7-18(8-6-16)25-21(27)17(14-24)12-15-4-9-19(30-11-10-23)20(13-15)29-3/h4-9,12-13H,11H2,1-3H3,(H,25,27)/b17-12+. The van der Waals surface area contributed by atoms with Crippen molar-refractivity contribution in [3.8, 4) is 23.6 Å². The fraction of sp³-hybridized carbons (Fsp3) is 0.182. The lowest BCUT2D eigenvalue weighted by molar-refractivity contribution is -0.112. The van der Waals surface area contributed by atoms with E-state index in [1.54, 1.807) is 56.6 Å². The monoisotopic (exact) mass is 404 g/mol. The largest absolute Gasteiger partial charge is 0.493 e. The van der Waals surface area contributed by atoms with Gasteiger partial charge in [0, 0.05) is 25.3 Å². The molecule has 0 aromatic heterocycles. The smallest absolute Gasteiger partial charge is 0.266 e. The van der Waals surface area contributed by atoms with E-state index < -0.39 is 5.91 Å². The fourth-order valence-corrected chi connectivity index (χ4v) is 2.47. The average molecular weight is 404 g/mol. The van der Waals surface area contributed by atoms with Crippen molar-refractivity contribution in [1.82, 2.24) is 4.90 Å². The molecule has 8 heteroatoms. The first-order valence-corrected chi connectivity index (χ1v) is 8.82. The molecular weight excluding hydrogens is 384 g/mol. The predicted octanol–water partition coefficient (Wildman–Crippen LogP) is 2.85. The minimum Gasteiger partial charge on any atom is -0.493 e. The van der Waals surface area contributed by atoms with Gasteiger partial charge in [-0.2, -0.15) is 10.5 Å². The second-order valence-electron chi connectivity index (χ2n) is 6.26. The van der Waals surface area contributed by atoms with Crippen LogP contribution in [0.25, 0.3) is 6.08 Å². The Morgan fingerprint density at radius 2 is 1.80 bits per heavy atom. The van der Waals surface area contributed by atoms with Crippen LogP contribution in [0.5, 0.6) is 11.5 Å². The van der Waals surface area contributed by atoms with E-state index in [4.69, 9.17) is 14.7 Å². The van der Waals surface area contributed by atoms with Crippen molar-refractivity contribution in [3.05, 3.63) is 59.2 Å². The van der Waals surface area contributed by atoms with Gasteiger partial charge in [0.2, 0.25) is 0 Å². The zero-order valence-corrected chi connectivity index (χ0v) is 16.8. The lowest BCUT2D eigenvalue weighted by Gasteiger charge is -2.11. The summed E-state index contributed by atoms with van der Waals surface area (Å²) < 4.78 is 10.5. The van der Waals surface area contributed by atoms with Gasteiger partial charge in [-0.05, 0) is 48.0 Å². The number of hydrogen-bond donors (Lipinski definition) is 1. The summed E-state index contributed by atoms with van der Waals surface area (Å²) in [5, 5.41) is 20.6. The molecule has 2 aromatic rings. The molecule has 0 spiro atoms. The van der Waals surface area contributed by atoms with Crippen LogP contribution in [0.15, 0.2) is 48.0 Å². The van der Waals surface area contributed by atoms with Crippen LogP contribution >= 0.6 is 0 Å². The Morgan fingerprint density at radius 3 is 2.37 bits per heavy atom. The van der Waals surface area contributed by atoms with E-state index >= 15 is 0 Å². The number of amides is 2. The maximum Gasteiger partial charge on any atom is 0.266 e. The summed E-state index contributed by atoms with van der Waals surface area (Å²) in [4.78, 5) is 25.8. The van der Waals surface area contributed by atoms with Crippen LogP contribution in [-0.2, 0) is 4.79 Å². The molecule has 0 unspecified atom stereocenters. The highest BCUT2D eigenvalue weighted by molar-refractivity contribution is 6.09. The van der Waals surface area contributed by atoms with Gasteiger partial charge in [0.05, 0.1) is 7.11 Å². The summed E-state index contributed by atoms with van der Waals surface area (Å²) in [5.41, 5.74) is 1.38. The highest BCUT2D eigenvalue weighted by Crippen LogP contribution is 2.29. The molecular formula is C22H20N4O4. The Balaban J connectivity index is 2.18. The van der Waals surface area contributed by atoms with E-state index in [2.05, 4.69) is 5.32 Å². The number of carbonyl (C=O) groups excluding carboxylic acids is 2. The SMILES string of the molecule is COc1cc(/C=C(\C#N)C(=O)Nc2ccc(C(=O)N(C)C)cc2)ccc1OCC#N. The molecule has 0 saturated carbocycles. The van der Waals surface area contributed by atoms with Gasteiger partial charge in [0.1, 0.15) is 17.7 Å². The minimum absolute atomic E-state index is 0.115. The molecule has 2 aromatic carbocycles. The summed E-state index contributed by atoms with van der Waals surface area (Å²) >= 11 is 0. The lowest BCUT2D eigenvalue weighted by Crippen LogP contribution is -2.21. The number of anilines is 1. The molecule has 1 N–H and O–H groups in total. The molecule has 0 saturated heterocycles. The van der Waals surface area contributed by atoms with Crippen molar-refractivity contribution in [2.45, 2.75) is 0 Å². The zero-order valence-electron chi connectivity index (χ0n) is 16.8. The van der Waals surface area contributed by atoms with Crippen LogP contribution in [0.3, 0.4) is 0 Å². The minimum atomic E-state index is -0.590. The van der Waals surface area contributed by atoms with E-state index in [0.29, 0.717) is 28.3 Å². The lowest BCUT2D eigenvalue weighted by atomic mass is 10.1. The van der Waals surface area contributed by atoms with Crippen LogP contribution in [0.4, 0.5) is 5.69 Å². The van der Waals surface area contributed by atoms with Crippen LogP contribution in [0.2, 0.25) is 0 Å². The van der Waals surface area contributed by atoms with Crippen LogP contribution in [-0.4, -0.2) is 44.5 Å². The molecule has 0 fully saturated rings. The second-order valence-corrected chi connectivity index (χ2v) is 6.26. The summed E-state index contributed by atoms with van der Waals surface area (Å²) in [7, 11) is 4.75. The van der Waals surface area contributed by atoms with Crippen molar-refractivity contribution >= 4 is 23.6 Å². The number of hydrogen-bond acceptors (Lipinski definition) is 6. The molecule has 0 aliphatic rings. The molecule has 0 aliphatic carbocycles. The number of nitrogens with one attached hydrogen (secondary N) is 1. The molecule has 0 bridgehead atoms. The van der Waals surface area contributed by atoms with Gasteiger partial charge in [0.25, 0.3) is 11.8 Å². The van der Waals surface area contributed by atoms with E-state index in [1.165, 1.54) is 18.1 Å². The Labute approximate surface area is 174 Å². The van der Waals surface area contributed by atoms with E-state index in [9.17, 15) is 14.9 Å². The highest BCUT2D eigenvalue weighted by atomic mass is 16.5. The fourth-order valence-electron chi connectivity index (χ4n) is 2.47. The quantitative estimate of drug-likeness (QED) is 0.560. The summed E-state index contributed by atoms with van der Waals surface area (Å²) in [6, 6.07) is 14.9. The number of methoxy groups -OCH3 is 1. The molecule has 0 heterocycles. The molecule has 152 valence electrons. The van der Waals surface area contributed by atoms with Crippen molar-refractivity contribution in [2.24, 2.45) is 0 Å². The van der Waals surface area contributed by atoms with Crippen LogP contribution in [0.1, 0.15) is 15.9 Å². The van der Waals surface area contributed by atoms with Gasteiger partial charge in [-0.15, -0.1) is 0 Å². The molecule has 0 atom stereocenters. The Morgan fingerprint density at radius 1 is 1.10 bits per heavy atom. The number of benzene rings is 2. The third-order valence-electron chi connectivity index (χ3n) is 3.95. The highest BCUT2D eigenvalue weighted by Gasteiger charge is 2.12. The Kier molecular flexibility index (Phi) is 7.55. The van der Waals surface area contributed by atoms with Gasteiger partial charge >= 0.3 is 0 Å². The first kappa shape index (κ1) is 22.0. The molecule has 8 nitrogen and oxygen atoms in total. The number of ether oxygens (including phenoxy) is 2. The number of nitrogens with zero attached hydrogens (tertiary/aromatic N) is 3. The van der Waals surface area contributed by atoms with E-state index in [1.807, 2.05) is 12.1 Å². The average Bonchev–Trinajstić information content (AvgIpc) is 2.76. The molecule has 0 radical (unpaired) electrons. The van der Waals surface area contributed by atoms with E-state index in [-0.39, 0.29) is 18.1 Å². The van der Waals surface area contributed by atoms with Gasteiger partial charge in [-0.1, -0.05) is 6.07 Å². The number of carbonyl (C=O) groups is 2. The van der Waals surface area contributed by atoms with Crippen molar-refractivity contribution in [3.63, 3.8) is 0 Å². The third-order valence-corrected chi connectivity index (χ3v) is 3.95. The van der Waals surface area contributed by atoms with Gasteiger partial charge in [-0.25, -0.2) is 0 Å². The van der Waals surface area contributed by atoms with Crippen LogP contribution in [0, 0.1) is 22.7 Å². The summed E-state index contributed by atoms with van der Waals surface area (Å²) in [5.74, 6) is 0.0129. The Hall–Kier alpha value is -4.30. The normalized spacial score (nSPS) is 10.4. The van der Waals surface area contributed by atoms with Crippen molar-refractivity contribution in [1.29, 1.82) is 10.5 Å². The summed E-state index contributed by atoms with van der Waals surface area (Å²) in [6.07, 6.45) is 1.41. The van der Waals surface area contributed by atoms with Gasteiger partial charge in [0.15, 0.2) is 18.1 Å². The van der Waals surface area contributed by atoms with E-state index in [0.717, 1.165) is 0 Å². The Bertz CT molecular complexity index is 1040.